The van der Waals surface area contributed by atoms with Crippen LogP contribution in [0.1, 0.15) is 37.9 Å². The van der Waals surface area contributed by atoms with E-state index in [2.05, 4.69) is 31.5 Å². The van der Waals surface area contributed by atoms with Crippen molar-refractivity contribution in [3.8, 4) is 17.3 Å². The lowest BCUT2D eigenvalue weighted by Crippen LogP contribution is -2.45. The average molecular weight is 363 g/mol. The van der Waals surface area contributed by atoms with E-state index in [1.807, 2.05) is 18.2 Å². The third-order valence-corrected chi connectivity index (χ3v) is 6.67. The maximum atomic E-state index is 5.76. The molecule has 0 radical (unpaired) electrons. The Balaban J connectivity index is 1.69. The predicted octanol–water partition coefficient (Wildman–Crippen LogP) is 3.80. The number of rotatable bonds is 2. The lowest BCUT2D eigenvalue weighted by Gasteiger charge is -2.48. The quantitative estimate of drug-likeness (QED) is 0.879. The molecular weight excluding hydrogens is 338 g/mol. The minimum Gasteiger partial charge on any atom is -0.481 e. The largest absolute Gasteiger partial charge is 0.481 e. The van der Waals surface area contributed by atoms with Crippen molar-refractivity contribution in [3.63, 3.8) is 0 Å². The molecule has 1 aliphatic heterocycles. The maximum Gasteiger partial charge on any atom is 0.220 e. The van der Waals surface area contributed by atoms with Crippen LogP contribution in [-0.4, -0.2) is 23.6 Å². The topological polar surface area (TPSA) is 56.3 Å². The van der Waals surface area contributed by atoms with Crippen molar-refractivity contribution in [2.24, 2.45) is 11.8 Å². The smallest absolute Gasteiger partial charge is 0.220 e. The molecule has 0 saturated carbocycles. The highest BCUT2D eigenvalue weighted by Crippen LogP contribution is 2.55. The van der Waals surface area contributed by atoms with Crippen LogP contribution in [-0.2, 0) is 16.7 Å². The molecule has 2 aromatic rings. The molecule has 2 heterocycles. The second kappa shape index (κ2) is 6.06. The van der Waals surface area contributed by atoms with Gasteiger partial charge in [0.2, 0.25) is 5.88 Å². The molecule has 0 saturated heterocycles. The van der Waals surface area contributed by atoms with Gasteiger partial charge in [-0.1, -0.05) is 44.2 Å². The number of methoxy groups -OCH3 is 1. The van der Waals surface area contributed by atoms with Gasteiger partial charge in [0.1, 0.15) is 5.76 Å². The van der Waals surface area contributed by atoms with Gasteiger partial charge in [0.15, 0.2) is 5.82 Å². The van der Waals surface area contributed by atoms with Gasteiger partial charge in [0.25, 0.3) is 0 Å². The first-order valence-electron chi connectivity index (χ1n) is 9.74. The van der Waals surface area contributed by atoms with Crippen molar-refractivity contribution < 1.29 is 9.57 Å². The van der Waals surface area contributed by atoms with Crippen molar-refractivity contribution in [2.45, 2.75) is 38.5 Å². The first-order chi connectivity index (χ1) is 13.1. The van der Waals surface area contributed by atoms with E-state index in [0.29, 0.717) is 11.8 Å². The van der Waals surface area contributed by atoms with Crippen LogP contribution in [0.25, 0.3) is 11.4 Å². The zero-order valence-electron chi connectivity index (χ0n) is 16.1. The van der Waals surface area contributed by atoms with E-state index < -0.39 is 0 Å². The summed E-state index contributed by atoms with van der Waals surface area (Å²) in [6, 6.07) is 10.2. The van der Waals surface area contributed by atoms with Crippen LogP contribution in [0.4, 0.5) is 0 Å². The summed E-state index contributed by atoms with van der Waals surface area (Å²) in [5.41, 5.74) is 7.80. The average Bonchev–Trinajstić information content (AvgIpc) is 3.16. The second-order valence-corrected chi connectivity index (χ2v) is 8.17. The van der Waals surface area contributed by atoms with Crippen LogP contribution in [0.15, 0.2) is 41.7 Å². The van der Waals surface area contributed by atoms with Crippen molar-refractivity contribution >= 4 is 0 Å². The highest BCUT2D eigenvalue weighted by Gasteiger charge is 2.51. The molecule has 2 aliphatic carbocycles. The van der Waals surface area contributed by atoms with Gasteiger partial charge in [0, 0.05) is 22.5 Å². The van der Waals surface area contributed by atoms with Gasteiger partial charge in [-0.05, 0) is 30.8 Å². The highest BCUT2D eigenvalue weighted by molar-refractivity contribution is 5.57. The molecular formula is C22H25N3O2. The molecule has 0 unspecified atom stereocenters. The number of hydrogen-bond acceptors (Lipinski definition) is 5. The van der Waals surface area contributed by atoms with E-state index in [4.69, 9.17) is 19.5 Å². The van der Waals surface area contributed by atoms with Gasteiger partial charge in [-0.2, -0.15) is 10.5 Å². The number of hydroxylamine groups is 1. The van der Waals surface area contributed by atoms with Crippen LogP contribution in [0, 0.1) is 11.8 Å². The SMILES string of the molecule is COc1nc(-c2ccccc2)nc2c1CC[C@H]1[C@H](C)C3=C(CNO3)C[C@]21C. The molecule has 1 aromatic heterocycles. The Morgan fingerprint density at radius 1 is 1.22 bits per heavy atom. The Bertz CT molecular complexity index is 925. The molecule has 140 valence electrons. The number of aromatic nitrogens is 2. The summed E-state index contributed by atoms with van der Waals surface area (Å²) in [6.45, 7) is 5.48. The second-order valence-electron chi connectivity index (χ2n) is 8.17. The molecule has 5 nitrogen and oxygen atoms in total. The summed E-state index contributed by atoms with van der Waals surface area (Å²) < 4.78 is 5.71. The zero-order valence-corrected chi connectivity index (χ0v) is 16.1. The minimum absolute atomic E-state index is 0.0268. The number of benzene rings is 1. The molecule has 0 bridgehead atoms. The standard InChI is InChI=1S/C22H25N3O2/c1-13-17-10-9-16-19(22(17,2)11-15-12-23-27-18(13)15)24-20(25-21(16)26-3)14-7-5-4-6-8-14/h4-8,13,17,23H,9-12H2,1-3H3/t13-,17-,22-/m0/s1. The van der Waals surface area contributed by atoms with Crippen LogP contribution in [0.2, 0.25) is 0 Å². The van der Waals surface area contributed by atoms with E-state index in [9.17, 15) is 0 Å². The summed E-state index contributed by atoms with van der Waals surface area (Å²) in [6.07, 6.45) is 3.04. The first kappa shape index (κ1) is 16.8. The molecule has 5 heteroatoms. The van der Waals surface area contributed by atoms with Gasteiger partial charge in [-0.3, -0.25) is 0 Å². The number of hydrogen-bond donors (Lipinski definition) is 1. The lowest BCUT2D eigenvalue weighted by molar-refractivity contribution is 0.0750. The Kier molecular flexibility index (Phi) is 3.76. The Morgan fingerprint density at radius 2 is 2.04 bits per heavy atom. The number of nitrogens with one attached hydrogen (secondary N) is 1. The minimum atomic E-state index is -0.0268. The zero-order chi connectivity index (χ0) is 18.6. The van der Waals surface area contributed by atoms with E-state index in [0.717, 1.165) is 54.5 Å². The highest BCUT2D eigenvalue weighted by atomic mass is 16.7. The molecule has 0 fully saturated rings. The third-order valence-electron chi connectivity index (χ3n) is 6.67. The summed E-state index contributed by atoms with van der Waals surface area (Å²) in [4.78, 5) is 15.6. The predicted molar refractivity (Wildman–Crippen MR) is 103 cm³/mol. The van der Waals surface area contributed by atoms with Gasteiger partial charge in [0.05, 0.1) is 19.3 Å². The number of ether oxygens (including phenoxy) is 1. The third kappa shape index (κ3) is 2.41. The molecule has 1 N–H and O–H groups in total. The molecule has 5 rings (SSSR count). The summed E-state index contributed by atoms with van der Waals surface area (Å²) >= 11 is 0. The van der Waals surface area contributed by atoms with E-state index in [-0.39, 0.29) is 5.41 Å². The van der Waals surface area contributed by atoms with Gasteiger partial charge >= 0.3 is 0 Å². The lowest BCUT2D eigenvalue weighted by atomic mass is 9.57. The number of allylic oxidation sites excluding steroid dienone is 1. The molecule has 3 atom stereocenters. The number of nitrogens with zero attached hydrogens (tertiary/aromatic N) is 2. The normalized spacial score (nSPS) is 28.9. The maximum absolute atomic E-state index is 5.76. The molecule has 0 amide bonds. The fourth-order valence-corrected chi connectivity index (χ4v) is 5.41. The fraction of sp³-hybridized carbons (Fsp3) is 0.455. The first-order valence-corrected chi connectivity index (χ1v) is 9.74. The van der Waals surface area contributed by atoms with Crippen LogP contribution < -0.4 is 10.2 Å². The fourth-order valence-electron chi connectivity index (χ4n) is 5.41. The number of fused-ring (bicyclic) bond motifs is 3. The van der Waals surface area contributed by atoms with Crippen molar-refractivity contribution in [2.75, 3.05) is 13.7 Å². The van der Waals surface area contributed by atoms with Gasteiger partial charge < -0.3 is 9.57 Å². The monoisotopic (exact) mass is 363 g/mol. The summed E-state index contributed by atoms with van der Waals surface area (Å²) in [5.74, 6) is 3.54. The molecule has 3 aliphatic rings. The van der Waals surface area contributed by atoms with E-state index >= 15 is 0 Å². The molecule has 27 heavy (non-hydrogen) atoms. The van der Waals surface area contributed by atoms with Crippen LogP contribution in [0.5, 0.6) is 5.88 Å². The Hall–Kier alpha value is -2.40. The van der Waals surface area contributed by atoms with E-state index in [1.165, 1.54) is 11.1 Å². The van der Waals surface area contributed by atoms with Crippen molar-refractivity contribution in [1.82, 2.24) is 15.4 Å². The van der Waals surface area contributed by atoms with Crippen molar-refractivity contribution in [1.29, 1.82) is 0 Å². The van der Waals surface area contributed by atoms with Crippen LogP contribution in [0.3, 0.4) is 0 Å². The molecule has 1 aromatic carbocycles. The van der Waals surface area contributed by atoms with E-state index in [1.54, 1.807) is 7.11 Å². The molecule has 0 spiro atoms. The van der Waals surface area contributed by atoms with Gasteiger partial charge in [-0.25, -0.2) is 4.98 Å². The van der Waals surface area contributed by atoms with Crippen LogP contribution >= 0.6 is 0 Å². The van der Waals surface area contributed by atoms with Crippen molar-refractivity contribution in [3.05, 3.63) is 52.9 Å². The Morgan fingerprint density at radius 3 is 2.81 bits per heavy atom. The van der Waals surface area contributed by atoms with Gasteiger partial charge in [-0.15, -0.1) is 0 Å². The summed E-state index contributed by atoms with van der Waals surface area (Å²) in [5, 5.41) is 0. The summed E-state index contributed by atoms with van der Waals surface area (Å²) in [7, 11) is 1.71. The Labute approximate surface area is 159 Å².